The maximum absolute atomic E-state index is 7.50. The fraction of sp³-hybridized carbons (Fsp3) is 0. The summed E-state index contributed by atoms with van der Waals surface area (Å²) in [6.07, 6.45) is 0. The smallest absolute Gasteiger partial charge is 0 e. The molecule has 0 N–H and O–H groups in total. The maximum atomic E-state index is 7.50. The molecule has 0 saturated carbocycles. The van der Waals surface area contributed by atoms with Gasteiger partial charge in [0.2, 0.25) is 0 Å². The molecule has 3 heteroatoms. The van der Waals surface area contributed by atoms with E-state index in [1.807, 2.05) is 0 Å². The second-order valence-corrected chi connectivity index (χ2v) is 0.683. The van der Waals surface area contributed by atoms with E-state index in [0.29, 0.717) is 0 Å². The van der Waals surface area contributed by atoms with E-state index in [1.165, 1.54) is 0 Å². The first-order chi connectivity index (χ1) is 4.50. The Bertz CT molecular complexity index is 118. The molecule has 0 aliphatic rings. The summed E-state index contributed by atoms with van der Waals surface area (Å²) in [4.78, 5) is 0. The van der Waals surface area contributed by atoms with Crippen LogP contribution in [0.5, 0.6) is 0 Å². The SMILES string of the molecule is [C-]#[O+].[C-]#[O+].[Co].[c-]1[c-][c-][cH-][c-]1. The molecule has 55 valence electrons. The van der Waals surface area contributed by atoms with Gasteiger partial charge in [0, 0.05) is 16.8 Å². The Hall–Kier alpha value is -0.664. The summed E-state index contributed by atoms with van der Waals surface area (Å²) in [5.41, 5.74) is 0. The summed E-state index contributed by atoms with van der Waals surface area (Å²) in [5.74, 6) is 0. The summed E-state index contributed by atoms with van der Waals surface area (Å²) in [6.45, 7) is 9.00. The molecule has 0 spiro atoms. The van der Waals surface area contributed by atoms with Crippen LogP contribution in [0.4, 0.5) is 0 Å². The van der Waals surface area contributed by atoms with Crippen LogP contribution in [0, 0.1) is 37.6 Å². The molecule has 0 heterocycles. The predicted molar refractivity (Wildman–Crippen MR) is 25.2 cm³/mol. The van der Waals surface area contributed by atoms with Crippen molar-refractivity contribution in [1.29, 1.82) is 0 Å². The van der Waals surface area contributed by atoms with Crippen LogP contribution in [0.1, 0.15) is 0 Å². The van der Waals surface area contributed by atoms with E-state index in [1.54, 1.807) is 6.07 Å². The summed E-state index contributed by atoms with van der Waals surface area (Å²) in [7, 11) is 0. The van der Waals surface area contributed by atoms with Crippen molar-refractivity contribution in [3.05, 3.63) is 43.6 Å². The van der Waals surface area contributed by atoms with Gasteiger partial charge in [0.05, 0.1) is 0 Å². The molecule has 0 aliphatic heterocycles. The van der Waals surface area contributed by atoms with Crippen LogP contribution in [-0.4, -0.2) is 0 Å². The van der Waals surface area contributed by atoms with Crippen LogP contribution < -0.4 is 0 Å². The van der Waals surface area contributed by atoms with Gasteiger partial charge in [0.15, 0.2) is 0 Å². The molecular formula is C7HCoO2-5. The van der Waals surface area contributed by atoms with Crippen molar-refractivity contribution < 1.29 is 26.1 Å². The first-order valence-corrected chi connectivity index (χ1v) is 1.74. The van der Waals surface area contributed by atoms with E-state index in [9.17, 15) is 0 Å². The van der Waals surface area contributed by atoms with Crippen LogP contribution in [0.2, 0.25) is 0 Å². The molecule has 0 saturated heterocycles. The average Bonchev–Trinajstić information content (AvgIpc) is 2.51. The normalized spacial score (nSPS) is 4.40. The van der Waals surface area contributed by atoms with Gasteiger partial charge in [-0.2, -0.15) is 0 Å². The maximum Gasteiger partial charge on any atom is 0 e. The largest absolute Gasteiger partial charge is 0.999 e. The van der Waals surface area contributed by atoms with Crippen molar-refractivity contribution in [2.45, 2.75) is 0 Å². The van der Waals surface area contributed by atoms with Gasteiger partial charge in [-0.05, 0) is 0 Å². The van der Waals surface area contributed by atoms with Gasteiger partial charge in [-0.15, -0.1) is 0 Å². The zero-order chi connectivity index (χ0) is 7.54. The Kier molecular flexibility index (Phi) is 38.6. The second kappa shape index (κ2) is 23.9. The molecule has 0 atom stereocenters. The summed E-state index contributed by atoms with van der Waals surface area (Å²) >= 11 is 0. The Morgan fingerprint density at radius 2 is 1.20 bits per heavy atom. The molecular weight excluding hydrogens is 175 g/mol. The van der Waals surface area contributed by atoms with Crippen molar-refractivity contribution in [3.63, 3.8) is 0 Å². The predicted octanol–water partition coefficient (Wildman–Crippen LogP) is 0.529. The van der Waals surface area contributed by atoms with Crippen molar-refractivity contribution >= 4 is 0 Å². The van der Waals surface area contributed by atoms with Gasteiger partial charge in [-0.3, -0.25) is 0 Å². The van der Waals surface area contributed by atoms with Crippen molar-refractivity contribution in [1.82, 2.24) is 0 Å². The molecule has 0 aliphatic carbocycles. The molecule has 0 bridgehead atoms. The minimum absolute atomic E-state index is 0. The minimum atomic E-state index is 0. The van der Waals surface area contributed by atoms with Gasteiger partial charge < -0.3 is 30.3 Å². The number of rotatable bonds is 0. The molecule has 1 aromatic carbocycles. The topological polar surface area (TPSA) is 39.8 Å². The Labute approximate surface area is 70.2 Å². The molecule has 10 heavy (non-hydrogen) atoms. The van der Waals surface area contributed by atoms with Crippen molar-refractivity contribution in [2.75, 3.05) is 0 Å². The fourth-order valence-electron chi connectivity index (χ4n) is 0.180. The first-order valence-electron chi connectivity index (χ1n) is 1.74. The Morgan fingerprint density at radius 3 is 1.30 bits per heavy atom. The van der Waals surface area contributed by atoms with E-state index in [-0.39, 0.29) is 16.8 Å². The number of hydrogen-bond donors (Lipinski definition) is 0. The molecule has 0 unspecified atom stereocenters. The first kappa shape index (κ1) is 16.2. The van der Waals surface area contributed by atoms with E-state index in [0.717, 1.165) is 0 Å². The molecule has 0 amide bonds. The molecule has 2 nitrogen and oxygen atoms in total. The molecule has 1 aromatic rings. The van der Waals surface area contributed by atoms with E-state index in [2.05, 4.69) is 37.6 Å². The average molecular weight is 176 g/mol. The van der Waals surface area contributed by atoms with Gasteiger partial charge in [-0.1, -0.05) is 0 Å². The van der Waals surface area contributed by atoms with E-state index < -0.39 is 0 Å². The van der Waals surface area contributed by atoms with Crippen LogP contribution in [0.3, 0.4) is 0 Å². The molecule has 1 rings (SSSR count). The second-order valence-electron chi connectivity index (χ2n) is 0.683. The third-order valence-corrected chi connectivity index (χ3v) is 0.351. The van der Waals surface area contributed by atoms with Gasteiger partial charge in [-0.25, -0.2) is 0 Å². The standard InChI is InChI=1S/C5H.2CO.Co/c1-2-4-5-3-1;2*1-2;/h1H;;;/q-5;;;. The third kappa shape index (κ3) is 15.7. The monoisotopic (exact) mass is 176 g/mol. The summed E-state index contributed by atoms with van der Waals surface area (Å²) in [6, 6.07) is 12.0. The van der Waals surface area contributed by atoms with Crippen LogP contribution in [0.25, 0.3) is 0 Å². The van der Waals surface area contributed by atoms with Crippen LogP contribution >= 0.6 is 0 Å². The Morgan fingerprint density at radius 1 is 0.900 bits per heavy atom. The van der Waals surface area contributed by atoms with Gasteiger partial charge in [0.1, 0.15) is 0 Å². The zero-order valence-corrected chi connectivity index (χ0v) is 5.77. The Balaban J connectivity index is -0.0000000875. The van der Waals surface area contributed by atoms with Gasteiger partial charge in [0.25, 0.3) is 0 Å². The molecule has 0 aromatic heterocycles. The summed E-state index contributed by atoms with van der Waals surface area (Å²) in [5, 5.41) is 0. The van der Waals surface area contributed by atoms with E-state index >= 15 is 0 Å². The quantitative estimate of drug-likeness (QED) is 0.408. The van der Waals surface area contributed by atoms with Crippen molar-refractivity contribution in [2.24, 2.45) is 0 Å². The zero-order valence-electron chi connectivity index (χ0n) is 4.73. The van der Waals surface area contributed by atoms with Crippen LogP contribution in [-0.2, 0) is 26.1 Å². The third-order valence-electron chi connectivity index (χ3n) is 0.351. The molecule has 0 fully saturated rings. The number of hydrogen-bond acceptors (Lipinski definition) is 0. The van der Waals surface area contributed by atoms with E-state index in [4.69, 9.17) is 9.30 Å². The molecule has 1 radical (unpaired) electrons. The fourth-order valence-corrected chi connectivity index (χ4v) is 0.180. The van der Waals surface area contributed by atoms with Gasteiger partial charge >= 0.3 is 22.6 Å². The van der Waals surface area contributed by atoms with Crippen molar-refractivity contribution in [3.8, 4) is 0 Å². The van der Waals surface area contributed by atoms with Crippen LogP contribution in [0.15, 0.2) is 6.07 Å². The minimum Gasteiger partial charge on any atom is -0.999 e. The summed E-state index contributed by atoms with van der Waals surface area (Å²) < 4.78 is 15.0.